The van der Waals surface area contributed by atoms with Crippen LogP contribution in [0, 0.1) is 0 Å². The van der Waals surface area contributed by atoms with Crippen molar-refractivity contribution in [1.82, 2.24) is 19.2 Å². The van der Waals surface area contributed by atoms with Crippen molar-refractivity contribution in [3.63, 3.8) is 0 Å². The summed E-state index contributed by atoms with van der Waals surface area (Å²) in [6.45, 7) is 0.619. The Hall–Kier alpha value is -2.91. The van der Waals surface area contributed by atoms with Gasteiger partial charge in [0.15, 0.2) is 11.6 Å². The molecule has 0 saturated carbocycles. The van der Waals surface area contributed by atoms with Gasteiger partial charge < -0.3 is 4.90 Å². The molecule has 0 aliphatic heterocycles. The molecule has 0 N–H and O–H groups in total. The zero-order valence-corrected chi connectivity index (χ0v) is 19.0. The highest BCUT2D eigenvalue weighted by molar-refractivity contribution is 6.30. The molecular weight excluding hydrogens is 457 g/mol. The normalized spacial score (nSPS) is 11.8. The molecule has 0 atom stereocenters. The highest BCUT2D eigenvalue weighted by Crippen LogP contribution is 2.32. The maximum Gasteiger partial charge on any atom is 0.416 e. The number of ketones is 1. The van der Waals surface area contributed by atoms with Crippen LogP contribution in [0.4, 0.5) is 13.2 Å². The fraction of sp³-hybridized carbons (Fsp3) is 0.348. The minimum absolute atomic E-state index is 0.0454. The number of aryl methyl sites for hydroxylation is 1. The molecule has 0 saturated heterocycles. The maximum atomic E-state index is 13.2. The minimum atomic E-state index is -4.49. The van der Waals surface area contributed by atoms with Gasteiger partial charge in [0.1, 0.15) is 6.54 Å². The van der Waals surface area contributed by atoms with E-state index in [1.807, 2.05) is 19.0 Å². The van der Waals surface area contributed by atoms with E-state index in [-0.39, 0.29) is 30.7 Å². The SMILES string of the molecule is CN(C)CCn1c(-c2ccc(Cl)cc2)nn(CC(=O)CCc2ccccc2C(F)(F)F)c1=O. The van der Waals surface area contributed by atoms with E-state index in [0.717, 1.165) is 10.7 Å². The van der Waals surface area contributed by atoms with Gasteiger partial charge in [-0.1, -0.05) is 29.8 Å². The van der Waals surface area contributed by atoms with Crippen LogP contribution in [0.25, 0.3) is 11.4 Å². The quantitative estimate of drug-likeness (QED) is 0.461. The molecular formula is C23H24ClF3N4O2. The van der Waals surface area contributed by atoms with E-state index in [4.69, 9.17) is 11.6 Å². The molecule has 6 nitrogen and oxygen atoms in total. The van der Waals surface area contributed by atoms with E-state index in [0.29, 0.717) is 29.5 Å². The van der Waals surface area contributed by atoms with E-state index in [2.05, 4.69) is 5.10 Å². The molecule has 1 heterocycles. The summed E-state index contributed by atoms with van der Waals surface area (Å²) in [4.78, 5) is 27.4. The second kappa shape index (κ2) is 10.4. The average Bonchev–Trinajstić information content (AvgIpc) is 3.06. The molecule has 0 fully saturated rings. The van der Waals surface area contributed by atoms with Crippen molar-refractivity contribution in [3.8, 4) is 11.4 Å². The van der Waals surface area contributed by atoms with Gasteiger partial charge in [0.2, 0.25) is 0 Å². The number of nitrogens with zero attached hydrogens (tertiary/aromatic N) is 4. The van der Waals surface area contributed by atoms with Crippen LogP contribution in [0.2, 0.25) is 5.02 Å². The minimum Gasteiger partial charge on any atom is -0.308 e. The number of carbonyl (C=O) groups is 1. The molecule has 0 radical (unpaired) electrons. The first-order valence-corrected chi connectivity index (χ1v) is 10.7. The van der Waals surface area contributed by atoms with E-state index >= 15 is 0 Å². The molecule has 0 aliphatic rings. The molecule has 0 bridgehead atoms. The van der Waals surface area contributed by atoms with Crippen LogP contribution < -0.4 is 5.69 Å². The van der Waals surface area contributed by atoms with Gasteiger partial charge in [-0.25, -0.2) is 9.48 Å². The van der Waals surface area contributed by atoms with Gasteiger partial charge in [-0.2, -0.15) is 13.2 Å². The summed E-state index contributed by atoms with van der Waals surface area (Å²) < 4.78 is 42.1. The smallest absolute Gasteiger partial charge is 0.308 e. The summed E-state index contributed by atoms with van der Waals surface area (Å²) in [5.41, 5.74) is -0.497. The number of rotatable bonds is 9. The summed E-state index contributed by atoms with van der Waals surface area (Å²) in [5.74, 6) is 0.0164. The van der Waals surface area contributed by atoms with Crippen molar-refractivity contribution in [2.45, 2.75) is 32.1 Å². The number of hydrogen-bond acceptors (Lipinski definition) is 4. The van der Waals surface area contributed by atoms with E-state index in [9.17, 15) is 22.8 Å². The van der Waals surface area contributed by atoms with Gasteiger partial charge in [-0.15, -0.1) is 5.10 Å². The zero-order valence-electron chi connectivity index (χ0n) is 18.3. The number of aromatic nitrogens is 3. The molecule has 2 aromatic carbocycles. The molecule has 10 heteroatoms. The summed E-state index contributed by atoms with van der Waals surface area (Å²) in [6.07, 6.45) is -4.70. The third kappa shape index (κ3) is 6.33. The summed E-state index contributed by atoms with van der Waals surface area (Å²) in [5, 5.41) is 4.88. The lowest BCUT2D eigenvalue weighted by atomic mass is 10.0. The average molecular weight is 481 g/mol. The predicted octanol–water partition coefficient (Wildman–Crippen LogP) is 4.15. The van der Waals surface area contributed by atoms with Crippen LogP contribution in [0.1, 0.15) is 17.5 Å². The Bertz CT molecular complexity index is 1170. The first-order valence-electron chi connectivity index (χ1n) is 10.3. The molecule has 0 spiro atoms. The van der Waals surface area contributed by atoms with Crippen LogP contribution in [0.5, 0.6) is 0 Å². The monoisotopic (exact) mass is 480 g/mol. The van der Waals surface area contributed by atoms with Crippen molar-refractivity contribution in [2.75, 3.05) is 20.6 Å². The van der Waals surface area contributed by atoms with Crippen molar-refractivity contribution < 1.29 is 18.0 Å². The van der Waals surface area contributed by atoms with E-state index in [1.165, 1.54) is 22.8 Å². The Balaban J connectivity index is 1.80. The number of likely N-dealkylation sites (N-methyl/N-ethyl adjacent to an activating group) is 1. The van der Waals surface area contributed by atoms with Crippen LogP contribution in [-0.4, -0.2) is 45.7 Å². The first-order chi connectivity index (χ1) is 15.6. The molecule has 0 unspecified atom stereocenters. The van der Waals surface area contributed by atoms with Gasteiger partial charge in [0.25, 0.3) is 0 Å². The molecule has 33 heavy (non-hydrogen) atoms. The lowest BCUT2D eigenvalue weighted by Gasteiger charge is -2.12. The van der Waals surface area contributed by atoms with Gasteiger partial charge in [-0.05, 0) is 56.4 Å². The van der Waals surface area contributed by atoms with Crippen LogP contribution in [-0.2, 0) is 30.5 Å². The second-order valence-electron chi connectivity index (χ2n) is 7.92. The summed E-state index contributed by atoms with van der Waals surface area (Å²) >= 11 is 5.96. The third-order valence-electron chi connectivity index (χ3n) is 5.12. The van der Waals surface area contributed by atoms with Crippen LogP contribution in [0.15, 0.2) is 53.3 Å². The van der Waals surface area contributed by atoms with Gasteiger partial charge >= 0.3 is 11.9 Å². The topological polar surface area (TPSA) is 60.1 Å². The Morgan fingerprint density at radius 1 is 1.09 bits per heavy atom. The molecule has 3 aromatic rings. The number of hydrogen-bond donors (Lipinski definition) is 0. The fourth-order valence-corrected chi connectivity index (χ4v) is 3.52. The van der Waals surface area contributed by atoms with Crippen LogP contribution in [0.3, 0.4) is 0 Å². The Kier molecular flexibility index (Phi) is 7.76. The molecule has 0 aliphatic carbocycles. The number of alkyl halides is 3. The third-order valence-corrected chi connectivity index (χ3v) is 5.37. The Labute approximate surface area is 194 Å². The number of carbonyl (C=O) groups excluding carboxylic acids is 1. The standard InChI is InChI=1S/C23H24ClF3N4O2/c1-29(2)13-14-30-21(17-7-10-18(24)11-8-17)28-31(22(30)33)15-19(32)12-9-16-5-3-4-6-20(16)23(25,26)27/h3-8,10-11H,9,12-15H2,1-2H3. The van der Waals surface area contributed by atoms with Gasteiger partial charge in [0.05, 0.1) is 5.56 Å². The number of Topliss-reactive ketones (excluding diaryl/α,β-unsaturated/α-hetero) is 1. The zero-order chi connectivity index (χ0) is 24.2. The molecule has 1 aromatic heterocycles. The highest BCUT2D eigenvalue weighted by Gasteiger charge is 2.32. The molecule has 176 valence electrons. The molecule has 3 rings (SSSR count). The lowest BCUT2D eigenvalue weighted by molar-refractivity contribution is -0.138. The predicted molar refractivity (Wildman–Crippen MR) is 120 cm³/mol. The van der Waals surface area contributed by atoms with Crippen molar-refractivity contribution in [2.24, 2.45) is 0 Å². The van der Waals surface area contributed by atoms with Gasteiger partial charge in [-0.3, -0.25) is 9.36 Å². The van der Waals surface area contributed by atoms with E-state index < -0.39 is 17.4 Å². The van der Waals surface area contributed by atoms with Gasteiger partial charge in [0, 0.05) is 30.1 Å². The fourth-order valence-electron chi connectivity index (χ4n) is 3.39. The Morgan fingerprint density at radius 2 is 1.76 bits per heavy atom. The van der Waals surface area contributed by atoms with Crippen molar-refractivity contribution >= 4 is 17.4 Å². The number of halogens is 4. The second-order valence-corrected chi connectivity index (χ2v) is 8.36. The van der Waals surface area contributed by atoms with Crippen LogP contribution >= 0.6 is 11.6 Å². The highest BCUT2D eigenvalue weighted by atomic mass is 35.5. The van der Waals surface area contributed by atoms with Crippen molar-refractivity contribution in [1.29, 1.82) is 0 Å². The summed E-state index contributed by atoms with van der Waals surface area (Å²) in [7, 11) is 3.75. The lowest BCUT2D eigenvalue weighted by Crippen LogP contribution is -2.30. The Morgan fingerprint density at radius 3 is 2.39 bits per heavy atom. The van der Waals surface area contributed by atoms with E-state index in [1.54, 1.807) is 24.3 Å². The maximum absolute atomic E-state index is 13.2. The van der Waals surface area contributed by atoms with Crippen molar-refractivity contribution in [3.05, 3.63) is 75.2 Å². The summed E-state index contributed by atoms with van der Waals surface area (Å²) in [6, 6.07) is 12.0. The first kappa shape index (κ1) is 24.7. The largest absolute Gasteiger partial charge is 0.416 e. The number of benzene rings is 2. The molecule has 0 amide bonds.